The number of morpholine rings is 1. The number of hydrogen-bond acceptors (Lipinski definition) is 5. The van der Waals surface area contributed by atoms with Gasteiger partial charge in [-0.25, -0.2) is 4.98 Å². The maximum atomic E-state index is 13.0. The van der Waals surface area contributed by atoms with E-state index in [4.69, 9.17) is 9.72 Å². The summed E-state index contributed by atoms with van der Waals surface area (Å²) in [5, 5.41) is 0.674. The van der Waals surface area contributed by atoms with Crippen molar-refractivity contribution in [3.8, 4) is 11.4 Å². The fraction of sp³-hybridized carbons (Fsp3) is 0.409. The summed E-state index contributed by atoms with van der Waals surface area (Å²) in [5.41, 5.74) is 4.65. The lowest BCUT2D eigenvalue weighted by Crippen LogP contribution is -2.37. The molecule has 0 amide bonds. The molecule has 1 aliphatic rings. The van der Waals surface area contributed by atoms with Gasteiger partial charge in [-0.05, 0) is 50.1 Å². The Kier molecular flexibility index (Phi) is 5.24. The number of hydrogen-bond donors (Lipinski definition) is 0. The van der Waals surface area contributed by atoms with Crippen molar-refractivity contribution < 1.29 is 4.74 Å². The Balaban J connectivity index is 1.67. The smallest absolute Gasteiger partial charge is 0.261 e. The number of nitrogens with zero attached hydrogens (tertiary/aromatic N) is 4. The molecular weight excluding hydrogens is 352 g/mol. The Labute approximate surface area is 164 Å². The Hall–Kier alpha value is -2.57. The van der Waals surface area contributed by atoms with E-state index >= 15 is 0 Å². The minimum Gasteiger partial charge on any atom is -0.379 e. The van der Waals surface area contributed by atoms with Crippen LogP contribution in [0.4, 0.5) is 0 Å². The van der Waals surface area contributed by atoms with E-state index in [-0.39, 0.29) is 5.56 Å². The minimum absolute atomic E-state index is 0.0136. The maximum absolute atomic E-state index is 13.0. The zero-order chi connectivity index (χ0) is 19.7. The number of fused-ring (bicyclic) bond motifs is 1. The molecule has 6 heteroatoms. The highest BCUT2D eigenvalue weighted by Crippen LogP contribution is 2.20. The Morgan fingerprint density at radius 1 is 1.04 bits per heavy atom. The second-order valence-electron chi connectivity index (χ2n) is 7.49. The monoisotopic (exact) mass is 378 g/mol. The highest BCUT2D eigenvalue weighted by atomic mass is 16.5. The Bertz CT molecular complexity index is 1050. The van der Waals surface area contributed by atoms with Crippen molar-refractivity contribution >= 4 is 10.9 Å². The molecule has 2 aromatic heterocycles. The molecule has 0 unspecified atom stereocenters. The molecule has 1 saturated heterocycles. The summed E-state index contributed by atoms with van der Waals surface area (Å²) in [6, 6.07) is 9.99. The Morgan fingerprint density at radius 2 is 1.75 bits per heavy atom. The molecule has 0 bridgehead atoms. The topological polar surface area (TPSA) is 60.3 Å². The molecule has 3 aromatic rings. The first-order valence-electron chi connectivity index (χ1n) is 9.77. The van der Waals surface area contributed by atoms with E-state index in [1.54, 1.807) is 11.6 Å². The van der Waals surface area contributed by atoms with Gasteiger partial charge in [-0.2, -0.15) is 0 Å². The largest absolute Gasteiger partial charge is 0.379 e. The van der Waals surface area contributed by atoms with Crippen LogP contribution in [0, 0.1) is 13.8 Å². The molecule has 28 heavy (non-hydrogen) atoms. The summed E-state index contributed by atoms with van der Waals surface area (Å²) >= 11 is 0. The zero-order valence-corrected chi connectivity index (χ0v) is 16.7. The molecule has 1 fully saturated rings. The van der Waals surface area contributed by atoms with Crippen molar-refractivity contribution in [1.82, 2.24) is 19.4 Å². The molecule has 0 atom stereocenters. The first kappa shape index (κ1) is 18.8. The SMILES string of the molecule is Cc1cc(-c2nc3ccc(CCN4CCOCC4)cc3c(=O)n2C)cc(C)n1. The molecule has 4 rings (SSSR count). The predicted octanol–water partition coefficient (Wildman–Crippen LogP) is 2.49. The number of pyridine rings is 1. The van der Waals surface area contributed by atoms with E-state index in [2.05, 4.69) is 16.0 Å². The predicted molar refractivity (Wildman–Crippen MR) is 111 cm³/mol. The van der Waals surface area contributed by atoms with Crippen LogP contribution in [0.2, 0.25) is 0 Å². The molecule has 1 aliphatic heterocycles. The average molecular weight is 378 g/mol. The van der Waals surface area contributed by atoms with Gasteiger partial charge in [0.05, 0.1) is 24.1 Å². The highest BCUT2D eigenvalue weighted by molar-refractivity contribution is 5.80. The van der Waals surface area contributed by atoms with Crippen LogP contribution < -0.4 is 5.56 Å². The molecule has 146 valence electrons. The van der Waals surface area contributed by atoms with E-state index < -0.39 is 0 Å². The van der Waals surface area contributed by atoms with E-state index in [1.165, 1.54) is 5.56 Å². The molecular formula is C22H26N4O2. The molecule has 0 spiro atoms. The lowest BCUT2D eigenvalue weighted by Gasteiger charge is -2.26. The molecule has 0 saturated carbocycles. The van der Waals surface area contributed by atoms with Gasteiger partial charge < -0.3 is 4.74 Å². The van der Waals surface area contributed by atoms with Gasteiger partial charge >= 0.3 is 0 Å². The third-order valence-electron chi connectivity index (χ3n) is 5.30. The second-order valence-corrected chi connectivity index (χ2v) is 7.49. The van der Waals surface area contributed by atoms with Gasteiger partial charge in [0.2, 0.25) is 0 Å². The standard InChI is InChI=1S/C22H26N4O2/c1-15-12-18(13-16(2)23-15)21-24-20-5-4-17(14-19(20)22(27)25(21)3)6-7-26-8-10-28-11-9-26/h4-5,12-14H,6-11H2,1-3H3. The van der Waals surface area contributed by atoms with Gasteiger partial charge in [0.15, 0.2) is 0 Å². The molecule has 0 N–H and O–H groups in total. The van der Waals surface area contributed by atoms with Crippen LogP contribution in [0.25, 0.3) is 22.3 Å². The van der Waals surface area contributed by atoms with Crippen LogP contribution in [0.1, 0.15) is 17.0 Å². The lowest BCUT2D eigenvalue weighted by molar-refractivity contribution is 0.0384. The van der Waals surface area contributed by atoms with Gasteiger partial charge in [0, 0.05) is 43.6 Å². The van der Waals surface area contributed by atoms with Gasteiger partial charge in [-0.15, -0.1) is 0 Å². The zero-order valence-electron chi connectivity index (χ0n) is 16.7. The summed E-state index contributed by atoms with van der Waals surface area (Å²) in [7, 11) is 1.79. The van der Waals surface area contributed by atoms with Gasteiger partial charge in [-0.3, -0.25) is 19.2 Å². The van der Waals surface area contributed by atoms with Gasteiger partial charge in [0.25, 0.3) is 5.56 Å². The van der Waals surface area contributed by atoms with Crippen LogP contribution in [-0.2, 0) is 18.2 Å². The minimum atomic E-state index is -0.0136. The lowest BCUT2D eigenvalue weighted by atomic mass is 10.1. The first-order chi connectivity index (χ1) is 13.5. The summed E-state index contributed by atoms with van der Waals surface area (Å²) in [5.74, 6) is 0.673. The summed E-state index contributed by atoms with van der Waals surface area (Å²) in [6.45, 7) is 8.46. The van der Waals surface area contributed by atoms with Crippen molar-refractivity contribution in [2.45, 2.75) is 20.3 Å². The van der Waals surface area contributed by atoms with E-state index in [0.29, 0.717) is 11.2 Å². The van der Waals surface area contributed by atoms with E-state index in [0.717, 1.165) is 61.7 Å². The molecule has 1 aromatic carbocycles. The molecule has 6 nitrogen and oxygen atoms in total. The van der Waals surface area contributed by atoms with Crippen LogP contribution in [0.3, 0.4) is 0 Å². The molecule has 0 aliphatic carbocycles. The number of aromatic nitrogens is 3. The average Bonchev–Trinajstić information content (AvgIpc) is 2.69. The maximum Gasteiger partial charge on any atom is 0.261 e. The number of benzene rings is 1. The van der Waals surface area contributed by atoms with Crippen molar-refractivity contribution in [3.05, 3.63) is 57.6 Å². The van der Waals surface area contributed by atoms with Crippen molar-refractivity contribution in [2.75, 3.05) is 32.8 Å². The molecule has 3 heterocycles. The van der Waals surface area contributed by atoms with E-state index in [1.807, 2.05) is 38.1 Å². The summed E-state index contributed by atoms with van der Waals surface area (Å²) in [4.78, 5) is 24.6. The van der Waals surface area contributed by atoms with Gasteiger partial charge in [-0.1, -0.05) is 6.07 Å². The molecule has 0 radical (unpaired) electrons. The van der Waals surface area contributed by atoms with Crippen molar-refractivity contribution in [1.29, 1.82) is 0 Å². The first-order valence-corrected chi connectivity index (χ1v) is 9.77. The number of rotatable bonds is 4. The van der Waals surface area contributed by atoms with Crippen LogP contribution in [0.15, 0.2) is 35.1 Å². The van der Waals surface area contributed by atoms with Crippen molar-refractivity contribution in [3.63, 3.8) is 0 Å². The van der Waals surface area contributed by atoms with E-state index in [9.17, 15) is 4.79 Å². The van der Waals surface area contributed by atoms with Crippen LogP contribution in [-0.4, -0.2) is 52.3 Å². The fourth-order valence-corrected chi connectivity index (χ4v) is 3.81. The second kappa shape index (κ2) is 7.81. The third-order valence-corrected chi connectivity index (χ3v) is 5.30. The number of ether oxygens (including phenoxy) is 1. The summed E-state index contributed by atoms with van der Waals surface area (Å²) in [6.07, 6.45) is 0.920. The third kappa shape index (κ3) is 3.84. The summed E-state index contributed by atoms with van der Waals surface area (Å²) < 4.78 is 7.04. The number of aryl methyl sites for hydroxylation is 2. The normalized spacial score (nSPS) is 15.2. The Morgan fingerprint density at radius 3 is 2.46 bits per heavy atom. The van der Waals surface area contributed by atoms with Crippen molar-refractivity contribution in [2.24, 2.45) is 7.05 Å². The van der Waals surface area contributed by atoms with Crippen LogP contribution >= 0.6 is 0 Å². The highest BCUT2D eigenvalue weighted by Gasteiger charge is 2.13. The van der Waals surface area contributed by atoms with Crippen LogP contribution in [0.5, 0.6) is 0 Å². The quantitative estimate of drug-likeness (QED) is 0.698. The van der Waals surface area contributed by atoms with Gasteiger partial charge in [0.1, 0.15) is 5.82 Å². The fourth-order valence-electron chi connectivity index (χ4n) is 3.81.